The maximum Gasteiger partial charge on any atom is 0.241 e. The van der Waals surface area contributed by atoms with Crippen molar-refractivity contribution in [3.63, 3.8) is 0 Å². The number of nitrogens with one attached hydrogen (secondary N) is 2. The van der Waals surface area contributed by atoms with Gasteiger partial charge in [0.25, 0.3) is 0 Å². The lowest BCUT2D eigenvalue weighted by Gasteiger charge is -2.40. The van der Waals surface area contributed by atoms with Crippen molar-refractivity contribution in [3.8, 4) is 0 Å². The fraction of sp³-hybridized carbons (Fsp3) is 0.917. The van der Waals surface area contributed by atoms with Gasteiger partial charge in [-0.15, -0.1) is 0 Å². The van der Waals surface area contributed by atoms with E-state index in [1.165, 1.54) is 4.31 Å². The minimum atomic E-state index is -3.39. The van der Waals surface area contributed by atoms with Crippen LogP contribution in [0, 0.1) is 5.92 Å². The summed E-state index contributed by atoms with van der Waals surface area (Å²) in [6, 6.07) is 0. The van der Waals surface area contributed by atoms with Crippen LogP contribution in [-0.4, -0.2) is 56.1 Å². The molecule has 0 aromatic rings. The van der Waals surface area contributed by atoms with Crippen molar-refractivity contribution in [1.82, 2.24) is 14.9 Å². The number of rotatable bonds is 3. The molecule has 2 N–H and O–H groups in total. The maximum absolute atomic E-state index is 12.5. The van der Waals surface area contributed by atoms with Gasteiger partial charge >= 0.3 is 0 Å². The van der Waals surface area contributed by atoms with Crippen molar-refractivity contribution in [2.75, 3.05) is 31.9 Å². The van der Waals surface area contributed by atoms with Crippen LogP contribution >= 0.6 is 0 Å². The molecule has 110 valence electrons. The lowest BCUT2D eigenvalue weighted by atomic mass is 10.0. The molecule has 2 rings (SSSR count). The molecule has 6 nitrogen and oxygen atoms in total. The maximum atomic E-state index is 12.5. The van der Waals surface area contributed by atoms with Crippen LogP contribution in [0.25, 0.3) is 0 Å². The largest absolute Gasteiger partial charge is 0.353 e. The molecular weight excluding hydrogens is 266 g/mol. The summed E-state index contributed by atoms with van der Waals surface area (Å²) in [6.07, 6.45) is 1.96. The lowest BCUT2D eigenvalue weighted by Crippen LogP contribution is -2.64. The van der Waals surface area contributed by atoms with Crippen LogP contribution < -0.4 is 10.6 Å². The zero-order valence-corrected chi connectivity index (χ0v) is 12.4. The molecule has 2 aliphatic heterocycles. The van der Waals surface area contributed by atoms with Gasteiger partial charge in [-0.05, 0) is 45.7 Å². The van der Waals surface area contributed by atoms with Crippen molar-refractivity contribution in [3.05, 3.63) is 0 Å². The molecule has 7 heteroatoms. The van der Waals surface area contributed by atoms with Gasteiger partial charge in [0.2, 0.25) is 15.9 Å². The van der Waals surface area contributed by atoms with Crippen molar-refractivity contribution in [1.29, 1.82) is 0 Å². The molecule has 0 aliphatic carbocycles. The number of piperidine rings is 1. The highest BCUT2D eigenvalue weighted by atomic mass is 32.2. The second-order valence-corrected chi connectivity index (χ2v) is 7.82. The Morgan fingerprint density at radius 2 is 2.11 bits per heavy atom. The zero-order valence-electron chi connectivity index (χ0n) is 11.6. The highest BCUT2D eigenvalue weighted by molar-refractivity contribution is 7.89. The fourth-order valence-electron chi connectivity index (χ4n) is 2.82. The Morgan fingerprint density at radius 1 is 1.37 bits per heavy atom. The van der Waals surface area contributed by atoms with Crippen LogP contribution in [0.4, 0.5) is 0 Å². The molecule has 0 aromatic heterocycles. The second kappa shape index (κ2) is 5.38. The summed E-state index contributed by atoms with van der Waals surface area (Å²) in [5.74, 6) is 0.0695. The number of sulfonamides is 1. The van der Waals surface area contributed by atoms with E-state index in [0.717, 1.165) is 25.9 Å². The third-order valence-corrected chi connectivity index (χ3v) is 6.16. The average molecular weight is 289 g/mol. The first-order chi connectivity index (χ1) is 8.84. The lowest BCUT2D eigenvalue weighted by molar-refractivity contribution is -0.131. The van der Waals surface area contributed by atoms with Crippen LogP contribution in [0.2, 0.25) is 0 Å². The van der Waals surface area contributed by atoms with Crippen LogP contribution in [0.3, 0.4) is 0 Å². The number of piperazine rings is 1. The molecule has 2 saturated heterocycles. The number of hydrogen-bond acceptors (Lipinski definition) is 4. The van der Waals surface area contributed by atoms with E-state index >= 15 is 0 Å². The molecule has 1 unspecified atom stereocenters. The van der Waals surface area contributed by atoms with E-state index in [0.29, 0.717) is 13.1 Å². The summed E-state index contributed by atoms with van der Waals surface area (Å²) in [7, 11) is -3.39. The van der Waals surface area contributed by atoms with Gasteiger partial charge in [0.05, 0.1) is 5.75 Å². The number of nitrogens with zero attached hydrogens (tertiary/aromatic N) is 1. The van der Waals surface area contributed by atoms with Gasteiger partial charge in [-0.1, -0.05) is 0 Å². The number of amides is 1. The van der Waals surface area contributed by atoms with Gasteiger partial charge in [0.15, 0.2) is 0 Å². The van der Waals surface area contributed by atoms with Gasteiger partial charge in [0.1, 0.15) is 5.54 Å². The van der Waals surface area contributed by atoms with Gasteiger partial charge in [-0.25, -0.2) is 8.42 Å². The molecule has 2 heterocycles. The monoisotopic (exact) mass is 289 g/mol. The Kier molecular flexibility index (Phi) is 4.17. The summed E-state index contributed by atoms with van der Waals surface area (Å²) in [5, 5.41) is 5.95. The van der Waals surface area contributed by atoms with Crippen LogP contribution in [0.1, 0.15) is 26.7 Å². The molecule has 0 bridgehead atoms. The van der Waals surface area contributed by atoms with Crippen LogP contribution in [0.15, 0.2) is 0 Å². The van der Waals surface area contributed by atoms with E-state index < -0.39 is 15.6 Å². The quantitative estimate of drug-likeness (QED) is 0.736. The first kappa shape index (κ1) is 14.7. The summed E-state index contributed by atoms with van der Waals surface area (Å²) in [5.41, 5.74) is -0.987. The summed E-state index contributed by atoms with van der Waals surface area (Å²) in [4.78, 5) is 11.8. The second-order valence-electron chi connectivity index (χ2n) is 5.88. The molecule has 2 fully saturated rings. The van der Waals surface area contributed by atoms with Gasteiger partial charge < -0.3 is 10.6 Å². The van der Waals surface area contributed by atoms with E-state index in [1.807, 2.05) is 0 Å². The van der Waals surface area contributed by atoms with Gasteiger partial charge in [-0.2, -0.15) is 4.31 Å². The summed E-state index contributed by atoms with van der Waals surface area (Å²) in [6.45, 7) is 5.80. The van der Waals surface area contributed by atoms with Crippen LogP contribution in [-0.2, 0) is 14.8 Å². The number of carbonyl (C=O) groups excluding carboxylic acids is 1. The number of hydrogen-bond donors (Lipinski definition) is 2. The topological polar surface area (TPSA) is 78.5 Å². The summed E-state index contributed by atoms with van der Waals surface area (Å²) < 4.78 is 26.4. The third kappa shape index (κ3) is 3.09. The Morgan fingerprint density at radius 3 is 2.74 bits per heavy atom. The van der Waals surface area contributed by atoms with Gasteiger partial charge in [-0.3, -0.25) is 4.79 Å². The minimum absolute atomic E-state index is 0.136. The molecule has 2 aliphatic rings. The molecule has 1 amide bonds. The molecule has 0 aromatic carbocycles. The molecular formula is C12H23N3O3S. The predicted octanol–water partition coefficient (Wildman–Crippen LogP) is -0.474. The minimum Gasteiger partial charge on any atom is -0.353 e. The molecule has 1 atom stereocenters. The van der Waals surface area contributed by atoms with Crippen molar-refractivity contribution < 1.29 is 13.2 Å². The SMILES string of the molecule is CC1(C)C(=O)NCCN1S(=O)(=O)CC1CCCNC1. The van der Waals surface area contributed by atoms with Crippen molar-refractivity contribution >= 4 is 15.9 Å². The predicted molar refractivity (Wildman–Crippen MR) is 73.2 cm³/mol. The molecule has 0 saturated carbocycles. The molecule has 0 spiro atoms. The first-order valence-electron chi connectivity index (χ1n) is 6.83. The van der Waals surface area contributed by atoms with E-state index in [4.69, 9.17) is 0 Å². The average Bonchev–Trinajstić information content (AvgIpc) is 2.33. The van der Waals surface area contributed by atoms with E-state index in [-0.39, 0.29) is 17.6 Å². The van der Waals surface area contributed by atoms with Crippen molar-refractivity contribution in [2.24, 2.45) is 5.92 Å². The van der Waals surface area contributed by atoms with E-state index in [9.17, 15) is 13.2 Å². The Balaban J connectivity index is 2.11. The molecule has 0 radical (unpaired) electrons. The highest BCUT2D eigenvalue weighted by Crippen LogP contribution is 2.24. The third-order valence-electron chi connectivity index (χ3n) is 3.96. The highest BCUT2D eigenvalue weighted by Gasteiger charge is 2.44. The standard InChI is InChI=1S/C12H23N3O3S/c1-12(2)11(16)14-6-7-15(12)19(17,18)9-10-4-3-5-13-8-10/h10,13H,3-9H2,1-2H3,(H,14,16). The number of carbonyl (C=O) groups is 1. The van der Waals surface area contributed by atoms with E-state index in [1.54, 1.807) is 13.8 Å². The van der Waals surface area contributed by atoms with Gasteiger partial charge in [0, 0.05) is 13.1 Å². The smallest absolute Gasteiger partial charge is 0.241 e. The fourth-order valence-corrected chi connectivity index (χ4v) is 5.03. The summed E-state index contributed by atoms with van der Waals surface area (Å²) >= 11 is 0. The Bertz CT molecular complexity index is 441. The molecule has 19 heavy (non-hydrogen) atoms. The Labute approximate surface area is 115 Å². The first-order valence-corrected chi connectivity index (χ1v) is 8.44. The van der Waals surface area contributed by atoms with Crippen molar-refractivity contribution in [2.45, 2.75) is 32.2 Å². The van der Waals surface area contributed by atoms with Crippen LogP contribution in [0.5, 0.6) is 0 Å². The zero-order chi connectivity index (χ0) is 14.1. The van der Waals surface area contributed by atoms with E-state index in [2.05, 4.69) is 10.6 Å². The normalized spacial score (nSPS) is 28.9. The Hall–Kier alpha value is -0.660.